The standard InChI is InChI=1S/C11H12N4O3/c12-10(14-18)8-5-7-1-3-15(4-2-9(16)17)11(7)13-6-8/h1,3,5-6,18H,2,4H2,(H2,12,14)(H,16,17). The number of oxime groups is 1. The second-order valence-electron chi connectivity index (χ2n) is 3.77. The molecule has 4 N–H and O–H groups in total. The van der Waals surface area contributed by atoms with Crippen LogP contribution in [-0.2, 0) is 11.3 Å². The molecule has 0 saturated carbocycles. The van der Waals surface area contributed by atoms with E-state index in [0.29, 0.717) is 17.8 Å². The van der Waals surface area contributed by atoms with Crippen molar-refractivity contribution in [1.29, 1.82) is 0 Å². The zero-order chi connectivity index (χ0) is 13.1. The predicted octanol–water partition coefficient (Wildman–Crippen LogP) is 0.605. The molecular formula is C11H12N4O3. The van der Waals surface area contributed by atoms with E-state index in [-0.39, 0.29) is 12.3 Å². The summed E-state index contributed by atoms with van der Waals surface area (Å²) in [7, 11) is 0. The van der Waals surface area contributed by atoms with Gasteiger partial charge in [0, 0.05) is 29.9 Å². The lowest BCUT2D eigenvalue weighted by Gasteiger charge is -2.03. The van der Waals surface area contributed by atoms with Gasteiger partial charge in [-0.2, -0.15) is 0 Å². The van der Waals surface area contributed by atoms with Crippen molar-refractivity contribution < 1.29 is 15.1 Å². The maximum Gasteiger partial charge on any atom is 0.305 e. The fourth-order valence-corrected chi connectivity index (χ4v) is 1.67. The third kappa shape index (κ3) is 2.24. The number of aliphatic carboxylic acids is 1. The molecule has 2 aromatic rings. The van der Waals surface area contributed by atoms with E-state index in [1.807, 2.05) is 0 Å². The SMILES string of the molecule is NC(=NO)c1cnc2c(ccn2CCC(=O)O)c1. The molecule has 0 amide bonds. The zero-order valence-electron chi connectivity index (χ0n) is 9.45. The van der Waals surface area contributed by atoms with Crippen LogP contribution < -0.4 is 5.73 Å². The summed E-state index contributed by atoms with van der Waals surface area (Å²) in [5, 5.41) is 20.9. The van der Waals surface area contributed by atoms with Gasteiger partial charge in [0.25, 0.3) is 0 Å². The lowest BCUT2D eigenvalue weighted by molar-refractivity contribution is -0.137. The van der Waals surface area contributed by atoms with Gasteiger partial charge in [-0.05, 0) is 12.1 Å². The third-order valence-corrected chi connectivity index (χ3v) is 2.57. The maximum absolute atomic E-state index is 10.5. The lowest BCUT2D eigenvalue weighted by atomic mass is 10.2. The molecule has 2 heterocycles. The number of carboxylic acid groups (broad SMARTS) is 1. The molecule has 0 fully saturated rings. The van der Waals surface area contributed by atoms with Gasteiger partial charge >= 0.3 is 5.97 Å². The molecule has 7 heteroatoms. The average molecular weight is 248 g/mol. The molecule has 0 aromatic carbocycles. The Hall–Kier alpha value is -2.57. The molecule has 0 bridgehead atoms. The van der Waals surface area contributed by atoms with E-state index in [9.17, 15) is 4.79 Å². The van der Waals surface area contributed by atoms with Crippen molar-refractivity contribution in [2.45, 2.75) is 13.0 Å². The molecular weight excluding hydrogens is 236 g/mol. The van der Waals surface area contributed by atoms with E-state index in [1.54, 1.807) is 22.9 Å². The highest BCUT2D eigenvalue weighted by molar-refractivity contribution is 5.99. The first-order valence-electron chi connectivity index (χ1n) is 5.26. The largest absolute Gasteiger partial charge is 0.481 e. The topological polar surface area (TPSA) is 114 Å². The summed E-state index contributed by atoms with van der Waals surface area (Å²) in [6, 6.07) is 3.53. The Labute approximate surface area is 102 Å². The number of carboxylic acids is 1. The minimum atomic E-state index is -0.856. The Balaban J connectivity index is 2.34. The Bertz CT molecular complexity index is 618. The van der Waals surface area contributed by atoms with E-state index >= 15 is 0 Å². The van der Waals surface area contributed by atoms with Gasteiger partial charge in [0.05, 0.1) is 6.42 Å². The molecule has 7 nitrogen and oxygen atoms in total. The number of carbonyl (C=O) groups is 1. The first kappa shape index (κ1) is 11.9. The van der Waals surface area contributed by atoms with Crippen molar-refractivity contribution in [2.24, 2.45) is 10.9 Å². The molecule has 0 aliphatic carbocycles. The highest BCUT2D eigenvalue weighted by atomic mass is 16.4. The number of nitrogens with two attached hydrogens (primary N) is 1. The number of fused-ring (bicyclic) bond motifs is 1. The van der Waals surface area contributed by atoms with Crippen molar-refractivity contribution in [1.82, 2.24) is 9.55 Å². The fourth-order valence-electron chi connectivity index (χ4n) is 1.67. The van der Waals surface area contributed by atoms with Crippen LogP contribution in [0.25, 0.3) is 11.0 Å². The van der Waals surface area contributed by atoms with Crippen LogP contribution in [-0.4, -0.2) is 31.7 Å². The van der Waals surface area contributed by atoms with Crippen LogP contribution in [0, 0.1) is 0 Å². The molecule has 0 unspecified atom stereocenters. The summed E-state index contributed by atoms with van der Waals surface area (Å²) in [6.07, 6.45) is 3.28. The predicted molar refractivity (Wildman–Crippen MR) is 64.5 cm³/mol. The number of amidine groups is 1. The van der Waals surface area contributed by atoms with Gasteiger partial charge in [-0.15, -0.1) is 0 Å². The van der Waals surface area contributed by atoms with E-state index in [0.717, 1.165) is 5.39 Å². The highest BCUT2D eigenvalue weighted by Gasteiger charge is 2.07. The second-order valence-corrected chi connectivity index (χ2v) is 3.77. The van der Waals surface area contributed by atoms with Crippen LogP contribution >= 0.6 is 0 Å². The van der Waals surface area contributed by atoms with Crippen molar-refractivity contribution >= 4 is 22.8 Å². The van der Waals surface area contributed by atoms with Crippen LogP contribution in [0.5, 0.6) is 0 Å². The van der Waals surface area contributed by atoms with Crippen LogP contribution in [0.4, 0.5) is 0 Å². The lowest BCUT2D eigenvalue weighted by Crippen LogP contribution is -2.13. The average Bonchev–Trinajstić information content (AvgIpc) is 2.77. The van der Waals surface area contributed by atoms with E-state index in [4.69, 9.17) is 16.0 Å². The normalized spacial score (nSPS) is 11.9. The number of aromatic nitrogens is 2. The molecule has 2 aromatic heterocycles. The molecule has 94 valence electrons. The number of nitrogens with zero attached hydrogens (tertiary/aromatic N) is 3. The van der Waals surface area contributed by atoms with Crippen LogP contribution in [0.1, 0.15) is 12.0 Å². The Kier molecular flexibility index (Phi) is 3.13. The van der Waals surface area contributed by atoms with Gasteiger partial charge < -0.3 is 20.6 Å². The van der Waals surface area contributed by atoms with Gasteiger partial charge in [0.1, 0.15) is 5.65 Å². The van der Waals surface area contributed by atoms with Crippen LogP contribution in [0.2, 0.25) is 0 Å². The number of pyridine rings is 1. The van der Waals surface area contributed by atoms with E-state index < -0.39 is 5.97 Å². The molecule has 2 rings (SSSR count). The van der Waals surface area contributed by atoms with Gasteiger partial charge in [-0.1, -0.05) is 5.16 Å². The van der Waals surface area contributed by atoms with Crippen LogP contribution in [0.15, 0.2) is 29.7 Å². The minimum Gasteiger partial charge on any atom is -0.481 e. The number of hydrogen-bond donors (Lipinski definition) is 3. The Morgan fingerprint density at radius 2 is 2.33 bits per heavy atom. The summed E-state index contributed by atoms with van der Waals surface area (Å²) in [6.45, 7) is 0.356. The summed E-state index contributed by atoms with van der Waals surface area (Å²) in [5.74, 6) is -0.868. The molecule has 0 aliphatic rings. The van der Waals surface area contributed by atoms with Gasteiger partial charge in [0.15, 0.2) is 5.84 Å². The molecule has 0 radical (unpaired) electrons. The number of hydrogen-bond acceptors (Lipinski definition) is 4. The van der Waals surface area contributed by atoms with Crippen molar-refractivity contribution in [2.75, 3.05) is 0 Å². The summed E-state index contributed by atoms with van der Waals surface area (Å²) >= 11 is 0. The summed E-state index contributed by atoms with van der Waals surface area (Å²) in [5.41, 5.74) is 6.65. The van der Waals surface area contributed by atoms with Crippen molar-refractivity contribution in [3.05, 3.63) is 30.1 Å². The summed E-state index contributed by atoms with van der Waals surface area (Å²) < 4.78 is 1.75. The van der Waals surface area contributed by atoms with Crippen molar-refractivity contribution in [3.63, 3.8) is 0 Å². The zero-order valence-corrected chi connectivity index (χ0v) is 9.45. The smallest absolute Gasteiger partial charge is 0.305 e. The van der Waals surface area contributed by atoms with Gasteiger partial charge in [0.2, 0.25) is 0 Å². The summed E-state index contributed by atoms with van der Waals surface area (Å²) in [4.78, 5) is 14.7. The van der Waals surface area contributed by atoms with Crippen LogP contribution in [0.3, 0.4) is 0 Å². The number of rotatable bonds is 4. The van der Waals surface area contributed by atoms with Gasteiger partial charge in [-0.25, -0.2) is 4.98 Å². The van der Waals surface area contributed by atoms with Gasteiger partial charge in [-0.3, -0.25) is 4.79 Å². The highest BCUT2D eigenvalue weighted by Crippen LogP contribution is 2.15. The Morgan fingerprint density at radius 3 is 3.00 bits per heavy atom. The molecule has 0 saturated heterocycles. The maximum atomic E-state index is 10.5. The Morgan fingerprint density at radius 1 is 1.56 bits per heavy atom. The number of aryl methyl sites for hydroxylation is 1. The van der Waals surface area contributed by atoms with E-state index in [2.05, 4.69) is 10.1 Å². The molecule has 0 spiro atoms. The first-order chi connectivity index (χ1) is 8.61. The molecule has 0 aliphatic heterocycles. The molecule has 0 atom stereocenters. The van der Waals surface area contributed by atoms with E-state index in [1.165, 1.54) is 6.20 Å². The molecule has 18 heavy (non-hydrogen) atoms. The third-order valence-electron chi connectivity index (χ3n) is 2.57. The quantitative estimate of drug-likeness (QED) is 0.317. The second kappa shape index (κ2) is 4.74. The van der Waals surface area contributed by atoms with Crippen molar-refractivity contribution in [3.8, 4) is 0 Å². The fraction of sp³-hybridized carbons (Fsp3) is 0.182. The first-order valence-corrected chi connectivity index (χ1v) is 5.26. The minimum absolute atomic E-state index is 0.0114. The monoisotopic (exact) mass is 248 g/mol.